The van der Waals surface area contributed by atoms with Crippen molar-refractivity contribution in [3.8, 4) is 16.8 Å². The molecule has 0 aliphatic rings. The predicted molar refractivity (Wildman–Crippen MR) is 264 cm³/mol. The molecule has 0 radical (unpaired) electrons. The molecule has 2 nitrogen and oxygen atoms in total. The number of thiophene rings is 1. The lowest BCUT2D eigenvalue weighted by Crippen LogP contribution is -2.12. The lowest BCUT2D eigenvalue weighted by atomic mass is 9.95. The van der Waals surface area contributed by atoms with E-state index in [0.717, 1.165) is 33.9 Å². The third kappa shape index (κ3) is 5.28. The van der Waals surface area contributed by atoms with Gasteiger partial charge in [0.15, 0.2) is 0 Å². The molecule has 0 N–H and O–H groups in total. The fraction of sp³-hybridized carbons (Fsp3) is 0. The number of anilines is 3. The summed E-state index contributed by atoms with van der Waals surface area (Å²) in [5, 5.41) is 15.1. The summed E-state index contributed by atoms with van der Waals surface area (Å²) in [5.41, 5.74) is 9.24. The summed E-state index contributed by atoms with van der Waals surface area (Å²) in [7, 11) is 0. The molecular formula is C58H36N2S. The Balaban J connectivity index is 1.11. The Kier molecular flexibility index (Phi) is 7.51. The van der Waals surface area contributed by atoms with Crippen molar-refractivity contribution in [2.75, 3.05) is 4.90 Å². The number of nitrogens with zero attached hydrogens (tertiary/aromatic N) is 2. The van der Waals surface area contributed by atoms with Crippen LogP contribution in [0.5, 0.6) is 0 Å². The molecule has 0 aliphatic carbocycles. The van der Waals surface area contributed by atoms with Gasteiger partial charge in [-0.3, -0.25) is 0 Å². The number of hydrogen-bond donors (Lipinski definition) is 0. The maximum absolute atomic E-state index is 2.51. The van der Waals surface area contributed by atoms with Crippen LogP contribution in [-0.2, 0) is 0 Å². The zero-order chi connectivity index (χ0) is 40.0. The highest BCUT2D eigenvalue weighted by Crippen LogP contribution is 2.49. The maximum atomic E-state index is 2.51. The minimum atomic E-state index is 1.11. The predicted octanol–water partition coefficient (Wildman–Crippen LogP) is 16.9. The van der Waals surface area contributed by atoms with Crippen molar-refractivity contribution in [1.82, 2.24) is 4.57 Å². The molecule has 0 amide bonds. The SMILES string of the molecule is c1ccc(-c2cc(-n3c4ccccc4c4cc5ccccc5cc43)ccc2N(c2ccc3c(ccc4ccc5ccccc5c43)c2)c2cccc3sc4ccccc4c23)cc1. The Bertz CT molecular complexity index is 3890. The van der Waals surface area contributed by atoms with Gasteiger partial charge in [0.1, 0.15) is 0 Å². The monoisotopic (exact) mass is 792 g/mol. The average Bonchev–Trinajstić information content (AvgIpc) is 3.87. The summed E-state index contributed by atoms with van der Waals surface area (Å²) >= 11 is 1.86. The second kappa shape index (κ2) is 13.4. The molecule has 0 atom stereocenters. The van der Waals surface area contributed by atoms with Gasteiger partial charge in [0.2, 0.25) is 0 Å². The first-order valence-corrected chi connectivity index (χ1v) is 21.7. The van der Waals surface area contributed by atoms with Gasteiger partial charge < -0.3 is 9.47 Å². The first kappa shape index (κ1) is 34.2. The van der Waals surface area contributed by atoms with E-state index in [1.807, 2.05) is 11.3 Å². The van der Waals surface area contributed by atoms with Crippen molar-refractivity contribution in [1.29, 1.82) is 0 Å². The highest BCUT2D eigenvalue weighted by molar-refractivity contribution is 7.26. The molecule has 0 saturated carbocycles. The van der Waals surface area contributed by atoms with Gasteiger partial charge in [-0.25, -0.2) is 0 Å². The number of fused-ring (bicyclic) bond motifs is 12. The Morgan fingerprint density at radius 2 is 1.02 bits per heavy atom. The lowest BCUT2D eigenvalue weighted by molar-refractivity contribution is 1.18. The summed E-state index contributed by atoms with van der Waals surface area (Å²) in [5.74, 6) is 0. The number of benzene rings is 11. The molecule has 3 heteroatoms. The Morgan fingerprint density at radius 1 is 0.344 bits per heavy atom. The Labute approximate surface area is 356 Å². The summed E-state index contributed by atoms with van der Waals surface area (Å²) < 4.78 is 5.02. The molecule has 0 aliphatic heterocycles. The van der Waals surface area contributed by atoms with Crippen LogP contribution in [0.4, 0.5) is 17.1 Å². The third-order valence-electron chi connectivity index (χ3n) is 12.7. The first-order valence-electron chi connectivity index (χ1n) is 20.9. The van der Waals surface area contributed by atoms with Crippen LogP contribution in [0.1, 0.15) is 0 Å². The van der Waals surface area contributed by atoms with E-state index in [-0.39, 0.29) is 0 Å². The average molecular weight is 793 g/mol. The highest BCUT2D eigenvalue weighted by atomic mass is 32.1. The summed E-state index contributed by atoms with van der Waals surface area (Å²) in [4.78, 5) is 2.51. The van der Waals surface area contributed by atoms with Crippen LogP contribution in [0.2, 0.25) is 0 Å². The highest BCUT2D eigenvalue weighted by Gasteiger charge is 2.23. The molecule has 2 aromatic heterocycles. The van der Waals surface area contributed by atoms with Crippen LogP contribution in [0.3, 0.4) is 0 Å². The van der Waals surface area contributed by atoms with E-state index < -0.39 is 0 Å². The molecule has 0 saturated heterocycles. The van der Waals surface area contributed by atoms with E-state index in [4.69, 9.17) is 0 Å². The minimum absolute atomic E-state index is 1.11. The Hall–Kier alpha value is -7.72. The van der Waals surface area contributed by atoms with E-state index in [9.17, 15) is 0 Å². The summed E-state index contributed by atoms with van der Waals surface area (Å²) in [6.07, 6.45) is 0. The van der Waals surface area contributed by atoms with Crippen LogP contribution < -0.4 is 4.90 Å². The van der Waals surface area contributed by atoms with Gasteiger partial charge in [0.05, 0.1) is 22.4 Å². The van der Waals surface area contributed by atoms with Crippen LogP contribution in [0, 0.1) is 0 Å². The molecule has 0 bridgehead atoms. The van der Waals surface area contributed by atoms with E-state index in [0.29, 0.717) is 0 Å². The number of hydrogen-bond acceptors (Lipinski definition) is 2. The quantitative estimate of drug-likeness (QED) is 0.158. The molecule has 2 heterocycles. The van der Waals surface area contributed by atoms with Crippen molar-refractivity contribution >= 4 is 113 Å². The standard InChI is InChI=1S/C58H36N2S/c1-2-13-37(14-3-1)49-36-44(60-51-21-10-8-19-47(51)50-34-40-16-4-5-17-41(40)35-54(50)60)30-32-52(49)59(53-22-12-24-56-58(53)48-20-9-11-23-55(48)61-56)43-29-31-46-42(33-43)28-27-39-26-25-38-15-6-7-18-45(38)57(39)46/h1-36H. The first-order chi connectivity index (χ1) is 30.2. The number of rotatable bonds is 5. The fourth-order valence-corrected chi connectivity index (χ4v) is 11.1. The second-order valence-corrected chi connectivity index (χ2v) is 17.2. The number of para-hydroxylation sites is 1. The van der Waals surface area contributed by atoms with Gasteiger partial charge in [-0.2, -0.15) is 0 Å². The van der Waals surface area contributed by atoms with E-state index in [2.05, 4.69) is 228 Å². The van der Waals surface area contributed by atoms with Gasteiger partial charge in [0.25, 0.3) is 0 Å². The topological polar surface area (TPSA) is 8.17 Å². The normalized spacial score (nSPS) is 11.9. The van der Waals surface area contributed by atoms with E-state index >= 15 is 0 Å². The maximum Gasteiger partial charge on any atom is 0.0555 e. The Morgan fingerprint density at radius 3 is 1.89 bits per heavy atom. The van der Waals surface area contributed by atoms with E-state index in [1.165, 1.54) is 85.1 Å². The molecule has 0 spiro atoms. The zero-order valence-corrected chi connectivity index (χ0v) is 33.9. The largest absolute Gasteiger partial charge is 0.309 e. The van der Waals surface area contributed by atoms with Crippen molar-refractivity contribution in [2.45, 2.75) is 0 Å². The molecular weight excluding hydrogens is 757 g/mol. The third-order valence-corrected chi connectivity index (χ3v) is 13.8. The van der Waals surface area contributed by atoms with Gasteiger partial charge in [0, 0.05) is 47.9 Å². The van der Waals surface area contributed by atoms with Gasteiger partial charge in [-0.05, 0) is 115 Å². The lowest BCUT2D eigenvalue weighted by Gasteiger charge is -2.29. The molecule has 13 rings (SSSR count). The van der Waals surface area contributed by atoms with Gasteiger partial charge in [-0.15, -0.1) is 11.3 Å². The van der Waals surface area contributed by atoms with Crippen molar-refractivity contribution in [2.24, 2.45) is 0 Å². The van der Waals surface area contributed by atoms with Gasteiger partial charge >= 0.3 is 0 Å². The van der Waals surface area contributed by atoms with E-state index in [1.54, 1.807) is 0 Å². The smallest absolute Gasteiger partial charge is 0.0555 e. The van der Waals surface area contributed by atoms with Gasteiger partial charge in [-0.1, -0.05) is 152 Å². The molecule has 0 fully saturated rings. The van der Waals surface area contributed by atoms with Crippen LogP contribution in [0.25, 0.3) is 102 Å². The molecule has 13 aromatic rings. The van der Waals surface area contributed by atoms with Crippen molar-refractivity contribution < 1.29 is 0 Å². The molecule has 0 unspecified atom stereocenters. The zero-order valence-electron chi connectivity index (χ0n) is 33.1. The minimum Gasteiger partial charge on any atom is -0.309 e. The summed E-state index contributed by atoms with van der Waals surface area (Å²) in [6.45, 7) is 0. The second-order valence-electron chi connectivity index (χ2n) is 16.1. The van der Waals surface area contributed by atoms with Crippen molar-refractivity contribution in [3.63, 3.8) is 0 Å². The van der Waals surface area contributed by atoms with Crippen LogP contribution >= 0.6 is 11.3 Å². The summed E-state index contributed by atoms with van der Waals surface area (Å²) in [6, 6.07) is 80.8. The van der Waals surface area contributed by atoms with Crippen molar-refractivity contribution in [3.05, 3.63) is 218 Å². The molecule has 61 heavy (non-hydrogen) atoms. The molecule has 284 valence electrons. The fourth-order valence-electron chi connectivity index (χ4n) is 9.95. The van der Waals surface area contributed by atoms with Crippen LogP contribution in [0.15, 0.2) is 218 Å². The number of aromatic nitrogens is 1. The van der Waals surface area contributed by atoms with Crippen LogP contribution in [-0.4, -0.2) is 4.57 Å². The molecule has 11 aromatic carbocycles.